The van der Waals surface area contributed by atoms with E-state index >= 15 is 0 Å². The maximum absolute atomic E-state index is 3.93. The zero-order valence-corrected chi connectivity index (χ0v) is 35.5. The first kappa shape index (κ1) is 36.0. The topological polar surface area (TPSA) is 0 Å². The van der Waals surface area contributed by atoms with Crippen molar-refractivity contribution in [2.24, 2.45) is 0 Å². The predicted octanol–water partition coefficient (Wildman–Crippen LogP) is 14.2. The first-order valence-corrected chi connectivity index (χ1v) is 26.3. The van der Waals surface area contributed by atoms with Crippen LogP contribution in [0.5, 0.6) is 0 Å². The van der Waals surface area contributed by atoms with Gasteiger partial charge in [-0.25, -0.2) is 0 Å². The molecule has 4 rings (SSSR count). The normalized spacial score (nSPS) is 12.4. The fourth-order valence-electron chi connectivity index (χ4n) is 4.25. The van der Waals surface area contributed by atoms with Crippen LogP contribution in [-0.4, -0.2) is 15.7 Å². The fraction of sp³-hybridized carbons (Fsp3) is 0.462. The van der Waals surface area contributed by atoms with Crippen molar-refractivity contribution in [1.82, 2.24) is 0 Å². The quantitative estimate of drug-likeness (QED) is 0.134. The molecule has 0 radical (unpaired) electrons. The molecule has 0 bridgehead atoms. The molecular weight excluding hydrogens is 858 g/mol. The van der Waals surface area contributed by atoms with Gasteiger partial charge in [0.15, 0.2) is 0 Å². The van der Waals surface area contributed by atoms with Crippen LogP contribution in [0.2, 0.25) is 0 Å². The first-order valence-electron chi connectivity index (χ1n) is 11.8. The van der Waals surface area contributed by atoms with Crippen molar-refractivity contribution in [3.63, 3.8) is 0 Å². The summed E-state index contributed by atoms with van der Waals surface area (Å²) in [6.07, 6.45) is 1.26. The molecule has 1 unspecified atom stereocenters. The van der Waals surface area contributed by atoms with Crippen molar-refractivity contribution in [2.45, 2.75) is 81.8 Å². The standard InChI is InChI=1S/C20H26Br2S4.C4H2BrS.C2H6.BrH.Zn/c1-7-13(6)26(11(2)3,12(4)5)16-10-15-19(25-16)17(22)20(24-15)18-14(21)8-9-23-18;5-4-1-2-6-3-4;1-2;;/h8-13H,7H2,1-6H3;1-2H;1-2H3;1H;/q;-1;;;+2/p-1. The van der Waals surface area contributed by atoms with Gasteiger partial charge in [0.05, 0.1) is 18.9 Å². The summed E-state index contributed by atoms with van der Waals surface area (Å²) >= 11 is 22.5. The Hall–Kier alpha value is 1.95. The molecule has 198 valence electrons. The summed E-state index contributed by atoms with van der Waals surface area (Å²) in [4.78, 5) is 2.69. The predicted molar refractivity (Wildman–Crippen MR) is 185 cm³/mol. The molecule has 0 spiro atoms. The Morgan fingerprint density at radius 2 is 1.53 bits per heavy atom. The van der Waals surface area contributed by atoms with Crippen molar-refractivity contribution in [1.29, 1.82) is 0 Å². The molecule has 0 aliphatic rings. The van der Waals surface area contributed by atoms with E-state index in [4.69, 9.17) is 0 Å². The van der Waals surface area contributed by atoms with Gasteiger partial charge < -0.3 is 11.3 Å². The molecule has 0 saturated heterocycles. The molecule has 0 aliphatic heterocycles. The van der Waals surface area contributed by atoms with Crippen LogP contribution in [0.3, 0.4) is 0 Å². The van der Waals surface area contributed by atoms with Crippen LogP contribution in [0.1, 0.15) is 61.8 Å². The number of rotatable bonds is 6. The van der Waals surface area contributed by atoms with E-state index in [0.29, 0.717) is 10.5 Å². The van der Waals surface area contributed by atoms with E-state index in [2.05, 4.69) is 126 Å². The number of hydrogen-bond donors (Lipinski definition) is 0. The third-order valence-electron chi connectivity index (χ3n) is 5.70. The van der Waals surface area contributed by atoms with Gasteiger partial charge in [0.25, 0.3) is 0 Å². The molecule has 1 atom stereocenters. The number of hydrogen-bond acceptors (Lipinski definition) is 4. The molecule has 4 aromatic heterocycles. The van der Waals surface area contributed by atoms with Crippen molar-refractivity contribution in [3.8, 4) is 9.75 Å². The van der Waals surface area contributed by atoms with Gasteiger partial charge in [0.1, 0.15) is 0 Å². The Morgan fingerprint density at radius 3 is 1.89 bits per heavy atom. The zero-order chi connectivity index (χ0) is 27.6. The second kappa shape index (κ2) is 17.7. The van der Waals surface area contributed by atoms with Gasteiger partial charge in [-0.05, 0) is 71.5 Å². The van der Waals surface area contributed by atoms with Crippen LogP contribution in [0.25, 0.3) is 19.2 Å². The Balaban J connectivity index is 0.000000551. The zero-order valence-electron chi connectivity index (χ0n) is 22.1. The summed E-state index contributed by atoms with van der Waals surface area (Å²) in [7, 11) is -0.863. The number of thiophene rings is 4. The van der Waals surface area contributed by atoms with E-state index in [1.807, 2.05) is 48.0 Å². The summed E-state index contributed by atoms with van der Waals surface area (Å²) in [6, 6.07) is 6.63. The van der Waals surface area contributed by atoms with Crippen LogP contribution in [0.15, 0.2) is 46.6 Å². The summed E-state index contributed by atoms with van der Waals surface area (Å²) in [5.41, 5.74) is 0. The molecule has 4 aromatic rings. The Kier molecular flexibility index (Phi) is 17.7. The minimum absolute atomic E-state index is 0.704. The van der Waals surface area contributed by atoms with Crippen molar-refractivity contribution in [2.75, 3.05) is 0 Å². The van der Waals surface area contributed by atoms with Crippen molar-refractivity contribution < 1.29 is 16.3 Å². The van der Waals surface area contributed by atoms with Crippen molar-refractivity contribution >= 4 is 126 Å². The Morgan fingerprint density at radius 1 is 0.917 bits per heavy atom. The molecule has 0 nitrogen and oxygen atoms in total. The second-order valence-electron chi connectivity index (χ2n) is 8.05. The summed E-state index contributed by atoms with van der Waals surface area (Å²) in [5, 5.41) is 9.25. The van der Waals surface area contributed by atoms with Crippen LogP contribution in [0.4, 0.5) is 0 Å². The van der Waals surface area contributed by atoms with Gasteiger partial charge in [-0.3, -0.25) is 0 Å². The molecule has 0 aliphatic carbocycles. The fourth-order valence-corrected chi connectivity index (χ4v) is 18.2. The van der Waals surface area contributed by atoms with Crippen LogP contribution < -0.4 is 0 Å². The number of halogens is 4. The molecule has 0 amide bonds. The molecule has 0 fully saturated rings. The monoisotopic (exact) mass is 886 g/mol. The maximum atomic E-state index is 3.93. The van der Waals surface area contributed by atoms with E-state index in [1.54, 1.807) is 26.9 Å². The first-order chi connectivity index (χ1) is 17.1. The van der Waals surface area contributed by atoms with Gasteiger partial charge in [0.2, 0.25) is 0 Å². The van der Waals surface area contributed by atoms with Crippen LogP contribution in [-0.2, 0) is 16.3 Å². The van der Waals surface area contributed by atoms with E-state index in [0.717, 1.165) is 9.72 Å². The molecule has 10 heteroatoms. The van der Waals surface area contributed by atoms with Gasteiger partial charge in [-0.1, -0.05) is 75.8 Å². The van der Waals surface area contributed by atoms with Gasteiger partial charge >= 0.3 is 30.0 Å². The molecule has 0 saturated carbocycles. The number of fused-ring (bicyclic) bond motifs is 1. The second-order valence-corrected chi connectivity index (χ2v) is 19.2. The van der Waals surface area contributed by atoms with E-state index in [9.17, 15) is 0 Å². The average molecular weight is 892 g/mol. The van der Waals surface area contributed by atoms with Gasteiger partial charge in [0, 0.05) is 13.4 Å². The third-order valence-corrected chi connectivity index (χ3v) is 19.3. The molecule has 36 heavy (non-hydrogen) atoms. The Labute approximate surface area is 278 Å². The molecular formula is C26H34Br4S5Zn. The van der Waals surface area contributed by atoms with Gasteiger partial charge in [-0.2, -0.15) is 21.5 Å². The summed E-state index contributed by atoms with van der Waals surface area (Å²) < 4.78 is 8.04. The summed E-state index contributed by atoms with van der Waals surface area (Å²) in [5.74, 6) is 0. The van der Waals surface area contributed by atoms with E-state index in [1.165, 1.54) is 50.9 Å². The molecule has 0 N–H and O–H groups in total. The molecule has 0 aromatic carbocycles. The van der Waals surface area contributed by atoms with Crippen LogP contribution >= 0.6 is 117 Å². The van der Waals surface area contributed by atoms with Gasteiger partial charge in [-0.15, -0.1) is 39.4 Å². The third kappa shape index (κ3) is 8.25. The van der Waals surface area contributed by atoms with E-state index < -0.39 is 10.0 Å². The SMILES string of the molecule is Brc1[c-]scc1.CC.CCC(C)S(c1cc2sc(-c3sccc3Br)c(Br)c2s1)(C(C)C)C(C)C.[Zn+][Br]. The van der Waals surface area contributed by atoms with E-state index in [-0.39, 0.29) is 0 Å². The molecule has 4 heterocycles. The summed E-state index contributed by atoms with van der Waals surface area (Å²) in [6.45, 7) is 18.6. The van der Waals surface area contributed by atoms with Crippen LogP contribution in [0, 0.1) is 5.38 Å². The van der Waals surface area contributed by atoms with Crippen molar-refractivity contribution in [3.05, 3.63) is 47.8 Å². The minimum atomic E-state index is -0.863. The Bertz CT molecular complexity index is 1140. The average Bonchev–Trinajstić information content (AvgIpc) is 3.65.